The van der Waals surface area contributed by atoms with Crippen LogP contribution in [0.1, 0.15) is 38.2 Å². The van der Waals surface area contributed by atoms with Gasteiger partial charge in [-0.15, -0.1) is 0 Å². The van der Waals surface area contributed by atoms with Crippen LogP contribution in [0.15, 0.2) is 60.2 Å². The van der Waals surface area contributed by atoms with Gasteiger partial charge in [0.2, 0.25) is 11.8 Å². The van der Waals surface area contributed by atoms with Crippen LogP contribution < -0.4 is 10.1 Å². The highest BCUT2D eigenvalue weighted by molar-refractivity contribution is 14.1. The van der Waals surface area contributed by atoms with Crippen LogP contribution in [-0.4, -0.2) is 58.3 Å². The summed E-state index contributed by atoms with van der Waals surface area (Å²) in [6.07, 6.45) is 1.51. The van der Waals surface area contributed by atoms with Crippen molar-refractivity contribution in [2.45, 2.75) is 57.4 Å². The molecular formula is C27H32FIN2O5. The maximum Gasteiger partial charge on any atom is 0.247 e. The number of para-hydroxylation sites is 1. The van der Waals surface area contributed by atoms with Gasteiger partial charge >= 0.3 is 0 Å². The molecule has 1 aliphatic rings. The third-order valence-corrected chi connectivity index (χ3v) is 6.94. The van der Waals surface area contributed by atoms with Crippen LogP contribution in [0.5, 0.6) is 5.75 Å². The van der Waals surface area contributed by atoms with Crippen LogP contribution >= 0.6 is 22.6 Å². The number of carbonyl (C=O) groups excluding carboxylic acids is 2. The van der Waals surface area contributed by atoms with Gasteiger partial charge in [0.1, 0.15) is 23.8 Å². The minimum atomic E-state index is -1.11. The number of halogens is 2. The lowest BCUT2D eigenvalue weighted by Gasteiger charge is -2.40. The fourth-order valence-electron chi connectivity index (χ4n) is 4.11. The Labute approximate surface area is 224 Å². The van der Waals surface area contributed by atoms with Crippen molar-refractivity contribution in [1.29, 1.82) is 0 Å². The first kappa shape index (κ1) is 28.1. The Morgan fingerprint density at radius 3 is 2.58 bits per heavy atom. The van der Waals surface area contributed by atoms with E-state index in [4.69, 9.17) is 9.84 Å². The lowest BCUT2D eigenvalue weighted by atomic mass is 9.87. The average molecular weight is 610 g/mol. The Balaban J connectivity index is 1.96. The Morgan fingerprint density at radius 1 is 1.19 bits per heavy atom. The molecule has 0 bridgehead atoms. The maximum absolute atomic E-state index is 13.5. The largest absolute Gasteiger partial charge is 0.482 e. The Bertz CT molecular complexity index is 1060. The first-order valence-corrected chi connectivity index (χ1v) is 13.1. The minimum Gasteiger partial charge on any atom is -0.482 e. The second kappa shape index (κ2) is 13.7. The van der Waals surface area contributed by atoms with Crippen LogP contribution in [0.25, 0.3) is 0 Å². The van der Waals surface area contributed by atoms with Crippen molar-refractivity contribution >= 4 is 34.4 Å². The number of amides is 2. The number of rotatable bonds is 11. The second-order valence-corrected chi connectivity index (χ2v) is 9.86. The zero-order chi connectivity index (χ0) is 26.1. The van der Waals surface area contributed by atoms with Crippen molar-refractivity contribution in [3.63, 3.8) is 0 Å². The molecule has 2 aromatic rings. The van der Waals surface area contributed by atoms with Gasteiger partial charge < -0.3 is 25.2 Å². The molecule has 2 aromatic carbocycles. The molecule has 0 aliphatic heterocycles. The van der Waals surface area contributed by atoms with Gasteiger partial charge in [0.05, 0.1) is 16.2 Å². The van der Waals surface area contributed by atoms with Crippen LogP contribution in [0.3, 0.4) is 0 Å². The van der Waals surface area contributed by atoms with Gasteiger partial charge in [-0.25, -0.2) is 4.39 Å². The molecule has 3 atom stereocenters. The molecule has 7 nitrogen and oxygen atoms in total. The van der Waals surface area contributed by atoms with E-state index in [2.05, 4.69) is 27.9 Å². The third-order valence-electron chi connectivity index (χ3n) is 6.05. The normalized spacial score (nSPS) is 19.4. The predicted molar refractivity (Wildman–Crippen MR) is 143 cm³/mol. The SMILES string of the molecule is CCCCC(=O)N(Cc1ccc(F)cc1)[C@@H]1CC(C(=O)NCCO)=C[C@H](Oc2ccccc2I)[C@H]1O. The van der Waals surface area contributed by atoms with Crippen molar-refractivity contribution in [3.05, 3.63) is 75.1 Å². The van der Waals surface area contributed by atoms with E-state index in [0.29, 0.717) is 29.7 Å². The Hall–Kier alpha value is -2.50. The van der Waals surface area contributed by atoms with Gasteiger partial charge in [0, 0.05) is 31.5 Å². The molecule has 0 heterocycles. The molecule has 0 unspecified atom stereocenters. The molecule has 0 aromatic heterocycles. The van der Waals surface area contributed by atoms with Gasteiger partial charge in [0.25, 0.3) is 0 Å². The molecule has 194 valence electrons. The molecule has 0 radical (unpaired) electrons. The van der Waals surface area contributed by atoms with Crippen LogP contribution in [0.2, 0.25) is 0 Å². The van der Waals surface area contributed by atoms with Crippen molar-refractivity contribution in [1.82, 2.24) is 10.2 Å². The fourth-order valence-corrected chi connectivity index (χ4v) is 4.63. The molecule has 36 heavy (non-hydrogen) atoms. The number of nitrogens with zero attached hydrogens (tertiary/aromatic N) is 1. The topological polar surface area (TPSA) is 99.1 Å². The monoisotopic (exact) mass is 610 g/mol. The zero-order valence-corrected chi connectivity index (χ0v) is 22.4. The molecular weight excluding hydrogens is 578 g/mol. The van der Waals surface area contributed by atoms with Crippen LogP contribution in [0, 0.1) is 9.39 Å². The van der Waals surface area contributed by atoms with E-state index in [1.165, 1.54) is 12.1 Å². The summed E-state index contributed by atoms with van der Waals surface area (Å²) in [5.41, 5.74) is 1.08. The Morgan fingerprint density at radius 2 is 1.92 bits per heavy atom. The van der Waals surface area contributed by atoms with Gasteiger partial charge in [-0.3, -0.25) is 9.59 Å². The number of aliphatic hydroxyl groups excluding tert-OH is 2. The van der Waals surface area contributed by atoms with E-state index < -0.39 is 18.2 Å². The first-order chi connectivity index (χ1) is 17.3. The van der Waals surface area contributed by atoms with Crippen molar-refractivity contribution in [2.75, 3.05) is 13.2 Å². The maximum atomic E-state index is 13.5. The van der Waals surface area contributed by atoms with Gasteiger partial charge in [-0.05, 0) is 64.9 Å². The lowest BCUT2D eigenvalue weighted by molar-refractivity contribution is -0.139. The molecule has 0 saturated carbocycles. The summed E-state index contributed by atoms with van der Waals surface area (Å²) in [6, 6.07) is 12.5. The number of aliphatic hydroxyl groups is 2. The van der Waals surface area contributed by atoms with Gasteiger partial charge in [0.15, 0.2) is 0 Å². The average Bonchev–Trinajstić information content (AvgIpc) is 2.88. The molecule has 0 saturated heterocycles. The minimum absolute atomic E-state index is 0.0836. The Kier molecular flexibility index (Phi) is 10.7. The van der Waals surface area contributed by atoms with Crippen molar-refractivity contribution in [2.24, 2.45) is 0 Å². The summed E-state index contributed by atoms with van der Waals surface area (Å²) in [4.78, 5) is 27.8. The highest BCUT2D eigenvalue weighted by Crippen LogP contribution is 2.31. The summed E-state index contributed by atoms with van der Waals surface area (Å²) in [5, 5.41) is 23.2. The van der Waals surface area contributed by atoms with E-state index in [9.17, 15) is 19.1 Å². The number of nitrogens with one attached hydrogen (secondary N) is 1. The molecule has 9 heteroatoms. The second-order valence-electron chi connectivity index (χ2n) is 8.70. The third kappa shape index (κ3) is 7.50. The number of hydrogen-bond acceptors (Lipinski definition) is 5. The molecule has 1 aliphatic carbocycles. The fraction of sp³-hybridized carbons (Fsp3) is 0.407. The summed E-state index contributed by atoms with van der Waals surface area (Å²) in [6.45, 7) is 2.02. The summed E-state index contributed by atoms with van der Waals surface area (Å²) >= 11 is 2.13. The number of unbranched alkanes of at least 4 members (excludes halogenated alkanes) is 1. The van der Waals surface area contributed by atoms with E-state index in [1.807, 2.05) is 25.1 Å². The molecule has 0 spiro atoms. The lowest BCUT2D eigenvalue weighted by Crippen LogP contribution is -2.54. The highest BCUT2D eigenvalue weighted by atomic mass is 127. The number of ether oxygens (including phenoxy) is 1. The molecule has 0 fully saturated rings. The van der Waals surface area contributed by atoms with E-state index in [0.717, 1.165) is 9.99 Å². The summed E-state index contributed by atoms with van der Waals surface area (Å²) in [5.74, 6) is -0.371. The number of benzene rings is 2. The number of hydrogen-bond donors (Lipinski definition) is 3. The molecule has 3 N–H and O–H groups in total. The van der Waals surface area contributed by atoms with Crippen LogP contribution in [0.4, 0.5) is 4.39 Å². The number of carbonyl (C=O) groups is 2. The standard InChI is InChI=1S/C27H32FIN2O5/c1-2-3-8-25(33)31(17-18-9-11-20(28)12-10-18)22-15-19(27(35)30-13-14-32)16-24(26(22)34)36-23-7-5-4-6-21(23)29/h4-7,9-12,16,22,24,26,32,34H,2-3,8,13-15,17H2,1H3,(H,30,35)/t22-,24+,26+/m1/s1. The van der Waals surface area contributed by atoms with Crippen molar-refractivity contribution < 1.29 is 28.9 Å². The van der Waals surface area contributed by atoms with E-state index >= 15 is 0 Å². The summed E-state index contributed by atoms with van der Waals surface area (Å²) in [7, 11) is 0. The predicted octanol–water partition coefficient (Wildman–Crippen LogP) is 3.56. The highest BCUT2D eigenvalue weighted by Gasteiger charge is 2.40. The van der Waals surface area contributed by atoms with E-state index in [-0.39, 0.29) is 43.7 Å². The van der Waals surface area contributed by atoms with Crippen molar-refractivity contribution in [3.8, 4) is 5.75 Å². The molecule has 2 amide bonds. The quantitative estimate of drug-likeness (QED) is 0.338. The zero-order valence-electron chi connectivity index (χ0n) is 20.2. The molecule has 3 rings (SSSR count). The smallest absolute Gasteiger partial charge is 0.247 e. The van der Waals surface area contributed by atoms with Crippen LogP contribution in [-0.2, 0) is 16.1 Å². The first-order valence-electron chi connectivity index (χ1n) is 12.1. The van der Waals surface area contributed by atoms with Gasteiger partial charge in [-0.2, -0.15) is 0 Å². The van der Waals surface area contributed by atoms with Gasteiger partial charge in [-0.1, -0.05) is 37.6 Å². The summed E-state index contributed by atoms with van der Waals surface area (Å²) < 4.78 is 20.5. The van der Waals surface area contributed by atoms with E-state index in [1.54, 1.807) is 29.2 Å².